The van der Waals surface area contributed by atoms with Gasteiger partial charge in [0.25, 0.3) is 5.91 Å². The number of alkyl halides is 3. The van der Waals surface area contributed by atoms with Crippen molar-refractivity contribution in [2.75, 3.05) is 19.6 Å². The highest BCUT2D eigenvalue weighted by Crippen LogP contribution is 2.33. The zero-order chi connectivity index (χ0) is 27.9. The Morgan fingerprint density at radius 2 is 1.90 bits per heavy atom. The molecular weight excluding hydrogens is 537 g/mol. The van der Waals surface area contributed by atoms with Crippen LogP contribution in [0.5, 0.6) is 0 Å². The van der Waals surface area contributed by atoms with Crippen LogP contribution in [0.25, 0.3) is 22.3 Å². The van der Waals surface area contributed by atoms with Gasteiger partial charge >= 0.3 is 6.18 Å². The number of halogens is 4. The maximum Gasteiger partial charge on any atom is 0.417 e. The number of nitrogens with one attached hydrogen (secondary N) is 1. The predicted molar refractivity (Wildman–Crippen MR) is 136 cm³/mol. The van der Waals surface area contributed by atoms with Crippen molar-refractivity contribution in [2.24, 2.45) is 7.05 Å². The summed E-state index contributed by atoms with van der Waals surface area (Å²) < 4.78 is 47.1. The summed E-state index contributed by atoms with van der Waals surface area (Å²) in [4.78, 5) is 31.2. The molecule has 2 aromatic carbocycles. The number of piperidine rings is 1. The summed E-state index contributed by atoms with van der Waals surface area (Å²) in [5, 5.41) is 11.9. The minimum atomic E-state index is -4.73. The molecule has 0 unspecified atom stereocenters. The normalized spacial score (nSPS) is 14.7. The third-order valence-corrected chi connectivity index (χ3v) is 7.10. The second kappa shape index (κ2) is 10.3. The lowest BCUT2D eigenvalue weighted by Crippen LogP contribution is -2.44. The summed E-state index contributed by atoms with van der Waals surface area (Å²) in [6.45, 7) is 2.26. The van der Waals surface area contributed by atoms with Gasteiger partial charge in [0.2, 0.25) is 17.6 Å². The van der Waals surface area contributed by atoms with E-state index in [9.17, 15) is 22.8 Å². The van der Waals surface area contributed by atoms with E-state index in [1.54, 1.807) is 9.58 Å². The molecular formula is C26H24ClF3N6O3. The molecule has 0 atom stereocenters. The van der Waals surface area contributed by atoms with Crippen molar-refractivity contribution in [2.45, 2.75) is 31.9 Å². The fraction of sp³-hybridized carbons (Fsp3) is 0.346. The van der Waals surface area contributed by atoms with E-state index in [-0.39, 0.29) is 10.9 Å². The summed E-state index contributed by atoms with van der Waals surface area (Å²) in [7, 11) is 1.87. The first-order valence-electron chi connectivity index (χ1n) is 12.2. The Hall–Kier alpha value is -3.93. The predicted octanol–water partition coefficient (Wildman–Crippen LogP) is 4.74. The van der Waals surface area contributed by atoms with Crippen molar-refractivity contribution in [3.8, 4) is 11.4 Å². The molecule has 0 saturated carbocycles. The van der Waals surface area contributed by atoms with Crippen LogP contribution in [0.2, 0.25) is 5.02 Å². The molecule has 2 aromatic heterocycles. The van der Waals surface area contributed by atoms with Crippen molar-refractivity contribution in [1.82, 2.24) is 30.1 Å². The Kier molecular flexibility index (Phi) is 7.06. The Bertz CT molecular complexity index is 1560. The summed E-state index contributed by atoms with van der Waals surface area (Å²) >= 11 is 5.78. The number of rotatable bonds is 5. The quantitative estimate of drug-likeness (QED) is 0.378. The van der Waals surface area contributed by atoms with Crippen LogP contribution in [0.1, 0.15) is 46.3 Å². The Labute approximate surface area is 225 Å². The van der Waals surface area contributed by atoms with Gasteiger partial charge in [-0.1, -0.05) is 28.9 Å². The molecule has 9 nitrogen and oxygen atoms in total. The van der Waals surface area contributed by atoms with E-state index >= 15 is 0 Å². The van der Waals surface area contributed by atoms with E-state index in [0.29, 0.717) is 37.6 Å². The SMILES string of the molecule is Cc1nn(C)c2cc(-c3noc(C4CCN(C(=O)CNC(=O)c5cc(Cl)ccc5C(F)(F)F)CC4)n3)ccc12. The van der Waals surface area contributed by atoms with Crippen LogP contribution >= 0.6 is 11.6 Å². The molecule has 0 bridgehead atoms. The van der Waals surface area contributed by atoms with Crippen molar-refractivity contribution >= 4 is 34.3 Å². The van der Waals surface area contributed by atoms with Crippen LogP contribution in [-0.4, -0.2) is 56.3 Å². The van der Waals surface area contributed by atoms with Gasteiger partial charge in [0.05, 0.1) is 28.9 Å². The molecule has 5 rings (SSSR count). The molecule has 1 N–H and O–H groups in total. The number of aromatic nitrogens is 4. The number of carbonyl (C=O) groups is 2. The van der Waals surface area contributed by atoms with E-state index in [1.165, 1.54) is 0 Å². The second-order valence-electron chi connectivity index (χ2n) is 9.42. The third kappa shape index (κ3) is 5.47. The zero-order valence-corrected chi connectivity index (χ0v) is 21.8. The summed E-state index contributed by atoms with van der Waals surface area (Å²) in [6, 6.07) is 8.59. The molecule has 4 aromatic rings. The first-order chi connectivity index (χ1) is 18.5. The van der Waals surface area contributed by atoms with Gasteiger partial charge in [-0.05, 0) is 44.0 Å². The fourth-order valence-corrected chi connectivity index (χ4v) is 4.96. The number of amides is 2. The van der Waals surface area contributed by atoms with Gasteiger partial charge in [-0.15, -0.1) is 0 Å². The number of carbonyl (C=O) groups excluding carboxylic acids is 2. The van der Waals surface area contributed by atoms with Gasteiger partial charge in [-0.3, -0.25) is 14.3 Å². The van der Waals surface area contributed by atoms with Crippen LogP contribution in [0.4, 0.5) is 13.2 Å². The minimum absolute atomic E-state index is 0.0154. The lowest BCUT2D eigenvalue weighted by Gasteiger charge is -2.30. The Morgan fingerprint density at radius 3 is 2.62 bits per heavy atom. The molecule has 1 saturated heterocycles. The molecule has 0 aliphatic carbocycles. The molecule has 1 aliphatic rings. The average Bonchev–Trinajstić information content (AvgIpc) is 3.51. The van der Waals surface area contributed by atoms with Gasteiger partial charge in [-0.25, -0.2) is 0 Å². The van der Waals surface area contributed by atoms with Crippen LogP contribution in [-0.2, 0) is 18.0 Å². The number of benzene rings is 2. The lowest BCUT2D eigenvalue weighted by atomic mass is 9.96. The minimum Gasteiger partial charge on any atom is -0.343 e. The number of fused-ring (bicyclic) bond motifs is 1. The van der Waals surface area contributed by atoms with E-state index < -0.39 is 35.7 Å². The highest BCUT2D eigenvalue weighted by molar-refractivity contribution is 6.31. The molecule has 0 spiro atoms. The van der Waals surface area contributed by atoms with Crippen LogP contribution in [0.15, 0.2) is 40.9 Å². The molecule has 0 radical (unpaired) electrons. The summed E-state index contributed by atoms with van der Waals surface area (Å²) in [6.07, 6.45) is -3.61. The Morgan fingerprint density at radius 1 is 1.15 bits per heavy atom. The fourth-order valence-electron chi connectivity index (χ4n) is 4.79. The van der Waals surface area contributed by atoms with E-state index in [4.69, 9.17) is 16.1 Å². The molecule has 2 amide bonds. The van der Waals surface area contributed by atoms with Gasteiger partial charge < -0.3 is 14.7 Å². The van der Waals surface area contributed by atoms with Crippen LogP contribution in [0, 0.1) is 6.92 Å². The van der Waals surface area contributed by atoms with Crippen LogP contribution in [0.3, 0.4) is 0 Å². The van der Waals surface area contributed by atoms with E-state index in [2.05, 4.69) is 20.6 Å². The van der Waals surface area contributed by atoms with Gasteiger partial charge in [0.15, 0.2) is 0 Å². The Balaban J connectivity index is 1.18. The highest BCUT2D eigenvalue weighted by Gasteiger charge is 2.35. The zero-order valence-electron chi connectivity index (χ0n) is 21.0. The molecule has 13 heteroatoms. The number of aryl methyl sites for hydroxylation is 2. The highest BCUT2D eigenvalue weighted by atomic mass is 35.5. The maximum absolute atomic E-state index is 13.3. The molecule has 1 aliphatic heterocycles. The van der Waals surface area contributed by atoms with Gasteiger partial charge in [0, 0.05) is 42.0 Å². The van der Waals surface area contributed by atoms with Crippen molar-refractivity contribution in [3.63, 3.8) is 0 Å². The van der Waals surface area contributed by atoms with E-state index in [1.807, 2.05) is 32.2 Å². The third-order valence-electron chi connectivity index (χ3n) is 6.86. The lowest BCUT2D eigenvalue weighted by molar-refractivity contribution is -0.137. The van der Waals surface area contributed by atoms with Gasteiger partial charge in [-0.2, -0.15) is 23.3 Å². The summed E-state index contributed by atoms with van der Waals surface area (Å²) in [5.74, 6) is -0.527. The monoisotopic (exact) mass is 560 g/mol. The molecule has 3 heterocycles. The van der Waals surface area contributed by atoms with Crippen molar-refractivity contribution < 1.29 is 27.3 Å². The smallest absolute Gasteiger partial charge is 0.343 e. The number of hydrogen-bond acceptors (Lipinski definition) is 6. The maximum atomic E-state index is 13.3. The molecule has 1 fully saturated rings. The number of hydrogen-bond donors (Lipinski definition) is 1. The topological polar surface area (TPSA) is 106 Å². The second-order valence-corrected chi connectivity index (χ2v) is 9.86. The largest absolute Gasteiger partial charge is 0.417 e. The molecule has 39 heavy (non-hydrogen) atoms. The summed E-state index contributed by atoms with van der Waals surface area (Å²) in [5.41, 5.74) is 0.945. The number of nitrogens with zero attached hydrogens (tertiary/aromatic N) is 5. The number of likely N-dealkylation sites (tertiary alicyclic amines) is 1. The first kappa shape index (κ1) is 26.7. The van der Waals surface area contributed by atoms with Crippen molar-refractivity contribution in [1.29, 1.82) is 0 Å². The van der Waals surface area contributed by atoms with Crippen LogP contribution < -0.4 is 5.32 Å². The molecule has 204 valence electrons. The first-order valence-corrected chi connectivity index (χ1v) is 12.6. The van der Waals surface area contributed by atoms with Crippen molar-refractivity contribution in [3.05, 3.63) is 64.1 Å². The van der Waals surface area contributed by atoms with Gasteiger partial charge in [0.1, 0.15) is 0 Å². The van der Waals surface area contributed by atoms with E-state index in [0.717, 1.165) is 40.4 Å². The standard InChI is InChI=1S/C26H24ClF3N6O3/c1-14-18-5-3-16(11-21(18)35(2)33-14)23-32-25(39-34-23)15-7-9-36(10-8-15)22(37)13-31-24(38)19-12-17(27)4-6-20(19)26(28,29)30/h3-6,11-12,15H,7-10,13H2,1-2H3,(H,31,38). The average molecular weight is 561 g/mol.